The van der Waals surface area contributed by atoms with Crippen LogP contribution < -0.4 is 5.90 Å². The normalized spacial score (nSPS) is 17.3. The largest absolute Gasteiger partial charge is 0.299 e. The molecule has 0 saturated carbocycles. The predicted molar refractivity (Wildman–Crippen MR) is 56.5 cm³/mol. The second-order valence-electron chi connectivity index (χ2n) is 3.47. The standard InChI is InChI=1S/C10H11NO3S/c1-7-2-3-10-8(4-7)5-9(6-14-11)15(10,12)13/h2-5H,6,11H2,1H3. The molecule has 0 unspecified atom stereocenters. The van der Waals surface area contributed by atoms with E-state index in [4.69, 9.17) is 5.90 Å². The molecule has 80 valence electrons. The van der Waals surface area contributed by atoms with E-state index in [9.17, 15) is 8.42 Å². The van der Waals surface area contributed by atoms with Crippen LogP contribution in [0.5, 0.6) is 0 Å². The van der Waals surface area contributed by atoms with E-state index in [-0.39, 0.29) is 11.5 Å². The predicted octanol–water partition coefficient (Wildman–Crippen LogP) is 1.01. The second-order valence-corrected chi connectivity index (χ2v) is 5.44. The summed E-state index contributed by atoms with van der Waals surface area (Å²) in [5, 5.41) is 0. The summed E-state index contributed by atoms with van der Waals surface area (Å²) >= 11 is 0. The quantitative estimate of drug-likeness (QED) is 0.763. The van der Waals surface area contributed by atoms with Crippen molar-refractivity contribution in [3.63, 3.8) is 0 Å². The number of hydrogen-bond acceptors (Lipinski definition) is 4. The van der Waals surface area contributed by atoms with Gasteiger partial charge in [-0.05, 0) is 24.6 Å². The molecule has 0 aromatic heterocycles. The molecule has 1 aromatic carbocycles. The number of sulfone groups is 1. The third-order valence-corrected chi connectivity index (χ3v) is 4.22. The van der Waals surface area contributed by atoms with E-state index in [0.717, 1.165) is 5.56 Å². The first kappa shape index (κ1) is 10.4. The van der Waals surface area contributed by atoms with Crippen LogP contribution in [-0.2, 0) is 14.7 Å². The van der Waals surface area contributed by atoms with Crippen molar-refractivity contribution < 1.29 is 13.3 Å². The highest BCUT2D eigenvalue weighted by Gasteiger charge is 2.29. The van der Waals surface area contributed by atoms with E-state index >= 15 is 0 Å². The van der Waals surface area contributed by atoms with Gasteiger partial charge in [0.15, 0.2) is 0 Å². The van der Waals surface area contributed by atoms with E-state index < -0.39 is 9.84 Å². The van der Waals surface area contributed by atoms with Crippen molar-refractivity contribution in [3.8, 4) is 0 Å². The molecule has 0 atom stereocenters. The van der Waals surface area contributed by atoms with Gasteiger partial charge in [-0.3, -0.25) is 4.84 Å². The van der Waals surface area contributed by atoms with Crippen LogP contribution in [0.3, 0.4) is 0 Å². The average molecular weight is 225 g/mol. The number of rotatable bonds is 2. The molecule has 2 N–H and O–H groups in total. The van der Waals surface area contributed by atoms with Crippen molar-refractivity contribution in [1.29, 1.82) is 0 Å². The molecule has 1 aromatic rings. The van der Waals surface area contributed by atoms with E-state index in [1.54, 1.807) is 18.2 Å². The van der Waals surface area contributed by atoms with Gasteiger partial charge in [0.2, 0.25) is 9.84 Å². The highest BCUT2D eigenvalue weighted by molar-refractivity contribution is 7.95. The summed E-state index contributed by atoms with van der Waals surface area (Å²) in [4.78, 5) is 4.92. The summed E-state index contributed by atoms with van der Waals surface area (Å²) in [6.45, 7) is 1.83. The fourth-order valence-electron chi connectivity index (χ4n) is 1.62. The van der Waals surface area contributed by atoms with Gasteiger partial charge in [-0.2, -0.15) is 0 Å². The number of nitrogens with two attached hydrogens (primary N) is 1. The molecule has 0 radical (unpaired) electrons. The van der Waals surface area contributed by atoms with Crippen molar-refractivity contribution in [2.45, 2.75) is 11.8 Å². The van der Waals surface area contributed by atoms with E-state index in [1.165, 1.54) is 0 Å². The molecule has 0 aliphatic carbocycles. The van der Waals surface area contributed by atoms with Gasteiger partial charge < -0.3 is 0 Å². The van der Waals surface area contributed by atoms with E-state index in [0.29, 0.717) is 10.5 Å². The van der Waals surface area contributed by atoms with E-state index in [1.807, 2.05) is 13.0 Å². The summed E-state index contributed by atoms with van der Waals surface area (Å²) in [5.74, 6) is 4.89. The number of hydrogen-bond donors (Lipinski definition) is 1. The Morgan fingerprint density at radius 1 is 1.40 bits per heavy atom. The van der Waals surface area contributed by atoms with Gasteiger partial charge in [0, 0.05) is 0 Å². The first-order valence-electron chi connectivity index (χ1n) is 4.43. The Hall–Kier alpha value is -1.17. The molecule has 0 bridgehead atoms. The maximum atomic E-state index is 11.9. The second kappa shape index (κ2) is 3.44. The SMILES string of the molecule is Cc1ccc2c(c1)C=C(CON)S2(=O)=O. The molecule has 1 aliphatic rings. The Morgan fingerprint density at radius 3 is 2.80 bits per heavy atom. The first-order chi connectivity index (χ1) is 7.05. The van der Waals surface area contributed by atoms with Crippen LogP contribution in [0.25, 0.3) is 6.08 Å². The fraction of sp³-hybridized carbons (Fsp3) is 0.200. The van der Waals surface area contributed by atoms with Crippen LogP contribution in [-0.4, -0.2) is 15.0 Å². The van der Waals surface area contributed by atoms with Gasteiger partial charge in [0.25, 0.3) is 0 Å². The lowest BCUT2D eigenvalue weighted by Crippen LogP contribution is -2.09. The molecule has 0 amide bonds. The number of benzene rings is 1. The van der Waals surface area contributed by atoms with Gasteiger partial charge >= 0.3 is 0 Å². The Bertz CT molecular complexity index is 532. The zero-order valence-corrected chi connectivity index (χ0v) is 9.04. The first-order valence-corrected chi connectivity index (χ1v) is 5.92. The lowest BCUT2D eigenvalue weighted by molar-refractivity contribution is 0.166. The average Bonchev–Trinajstić information content (AvgIpc) is 2.39. The van der Waals surface area contributed by atoms with Gasteiger partial charge in [0.1, 0.15) is 6.61 Å². The Labute approximate surface area is 88.2 Å². The maximum absolute atomic E-state index is 11.9. The van der Waals surface area contributed by atoms with Crippen LogP contribution in [0.15, 0.2) is 28.0 Å². The summed E-state index contributed by atoms with van der Waals surface area (Å²) in [5.41, 5.74) is 1.73. The highest BCUT2D eigenvalue weighted by atomic mass is 32.2. The Morgan fingerprint density at radius 2 is 2.13 bits per heavy atom. The maximum Gasteiger partial charge on any atom is 0.205 e. The minimum absolute atomic E-state index is 0.0872. The summed E-state index contributed by atoms with van der Waals surface area (Å²) in [6.07, 6.45) is 1.60. The molecule has 0 spiro atoms. The molecule has 5 heteroatoms. The molecule has 1 aliphatic heterocycles. The minimum atomic E-state index is -3.37. The lowest BCUT2D eigenvalue weighted by Gasteiger charge is -2.02. The zero-order chi connectivity index (χ0) is 11.1. The van der Waals surface area contributed by atoms with Crippen molar-refractivity contribution >= 4 is 15.9 Å². The Kier molecular flexibility index (Phi) is 2.38. The van der Waals surface area contributed by atoms with Gasteiger partial charge in [0.05, 0.1) is 9.80 Å². The summed E-state index contributed by atoms with van der Waals surface area (Å²) in [7, 11) is -3.37. The topological polar surface area (TPSA) is 69.4 Å². The van der Waals surface area contributed by atoms with Gasteiger partial charge in [-0.15, -0.1) is 0 Å². The molecular weight excluding hydrogens is 214 g/mol. The van der Waals surface area contributed by atoms with Crippen molar-refractivity contribution in [2.75, 3.05) is 6.61 Å². The monoisotopic (exact) mass is 225 g/mol. The van der Waals surface area contributed by atoms with Crippen molar-refractivity contribution in [2.24, 2.45) is 5.90 Å². The molecular formula is C10H11NO3S. The lowest BCUT2D eigenvalue weighted by atomic mass is 10.1. The van der Waals surface area contributed by atoms with Crippen LogP contribution in [0.2, 0.25) is 0 Å². The molecule has 2 rings (SSSR count). The molecule has 4 nitrogen and oxygen atoms in total. The minimum Gasteiger partial charge on any atom is -0.299 e. The number of aryl methyl sites for hydroxylation is 1. The molecule has 0 saturated heterocycles. The third-order valence-electron chi connectivity index (χ3n) is 2.34. The van der Waals surface area contributed by atoms with Crippen LogP contribution >= 0.6 is 0 Å². The molecule has 15 heavy (non-hydrogen) atoms. The fourth-order valence-corrected chi connectivity index (χ4v) is 3.08. The van der Waals surface area contributed by atoms with E-state index in [2.05, 4.69) is 4.84 Å². The molecule has 1 heterocycles. The highest BCUT2D eigenvalue weighted by Crippen LogP contribution is 2.32. The zero-order valence-electron chi connectivity index (χ0n) is 8.23. The third kappa shape index (κ3) is 1.58. The summed E-state index contributed by atoms with van der Waals surface area (Å²) < 4.78 is 23.8. The van der Waals surface area contributed by atoms with Gasteiger partial charge in [-0.25, -0.2) is 14.3 Å². The van der Waals surface area contributed by atoms with Gasteiger partial charge in [-0.1, -0.05) is 17.7 Å². The van der Waals surface area contributed by atoms with Crippen molar-refractivity contribution in [1.82, 2.24) is 0 Å². The number of fused-ring (bicyclic) bond motifs is 1. The van der Waals surface area contributed by atoms with Crippen LogP contribution in [0.1, 0.15) is 11.1 Å². The van der Waals surface area contributed by atoms with Crippen LogP contribution in [0, 0.1) is 6.92 Å². The molecule has 0 fully saturated rings. The van der Waals surface area contributed by atoms with Crippen LogP contribution in [0.4, 0.5) is 0 Å². The Balaban J connectivity index is 2.58. The summed E-state index contributed by atoms with van der Waals surface area (Å²) in [6, 6.07) is 5.22. The van der Waals surface area contributed by atoms with Crippen molar-refractivity contribution in [3.05, 3.63) is 34.2 Å². The smallest absolute Gasteiger partial charge is 0.205 e.